The number of thiazole rings is 1. The quantitative estimate of drug-likeness (QED) is 0.830. The molecule has 0 aromatic carbocycles. The second-order valence-electron chi connectivity index (χ2n) is 8.37. The standard InChI is InChI=1S/C18H29N3OS.ClH/c1-10-15(23-17(20-10)18(2,3)4)16(22)21-14-11-6-5-7-12(14)9-13(19)8-11;/h11-14H,5-9,19H2,1-4H3,(H,21,22);1H. The van der Waals surface area contributed by atoms with Gasteiger partial charge in [0.25, 0.3) is 5.91 Å². The minimum Gasteiger partial charge on any atom is -0.348 e. The molecule has 0 spiro atoms. The summed E-state index contributed by atoms with van der Waals surface area (Å²) in [6.07, 6.45) is 5.78. The molecule has 2 aliphatic carbocycles. The minimum atomic E-state index is -0.0118. The summed E-state index contributed by atoms with van der Waals surface area (Å²) in [4.78, 5) is 18.2. The number of aryl methyl sites for hydroxylation is 1. The summed E-state index contributed by atoms with van der Waals surface area (Å²) in [7, 11) is 0. The van der Waals surface area contributed by atoms with Crippen LogP contribution in [0.15, 0.2) is 0 Å². The van der Waals surface area contributed by atoms with Crippen LogP contribution in [0.1, 0.15) is 73.2 Å². The van der Waals surface area contributed by atoms with Gasteiger partial charge < -0.3 is 11.1 Å². The number of nitrogens with two attached hydrogens (primary N) is 1. The summed E-state index contributed by atoms with van der Waals surface area (Å²) in [5, 5.41) is 4.37. The van der Waals surface area contributed by atoms with E-state index in [0.717, 1.165) is 28.4 Å². The first-order valence-electron chi connectivity index (χ1n) is 8.80. The van der Waals surface area contributed by atoms with Crippen LogP contribution in [0.3, 0.4) is 0 Å². The van der Waals surface area contributed by atoms with Crippen LogP contribution in [-0.2, 0) is 5.41 Å². The third-order valence-electron chi connectivity index (χ3n) is 5.32. The SMILES string of the molecule is Cc1nc(C(C)(C)C)sc1C(=O)NC1C2CCCC1CC(N)C2.Cl. The molecule has 2 unspecified atom stereocenters. The van der Waals surface area contributed by atoms with Gasteiger partial charge in [0.05, 0.1) is 10.7 Å². The monoisotopic (exact) mass is 371 g/mol. The molecule has 3 N–H and O–H groups in total. The van der Waals surface area contributed by atoms with Gasteiger partial charge in [0.15, 0.2) is 0 Å². The van der Waals surface area contributed by atoms with Crippen molar-refractivity contribution in [3.8, 4) is 0 Å². The van der Waals surface area contributed by atoms with Gasteiger partial charge in [0.2, 0.25) is 0 Å². The molecular weight excluding hydrogens is 342 g/mol. The van der Waals surface area contributed by atoms with E-state index in [1.165, 1.54) is 19.3 Å². The van der Waals surface area contributed by atoms with Gasteiger partial charge in [0, 0.05) is 17.5 Å². The van der Waals surface area contributed by atoms with E-state index >= 15 is 0 Å². The lowest BCUT2D eigenvalue weighted by Gasteiger charge is -2.45. The highest BCUT2D eigenvalue weighted by molar-refractivity contribution is 7.14. The number of rotatable bonds is 2. The van der Waals surface area contributed by atoms with Crippen LogP contribution in [0.4, 0.5) is 0 Å². The average Bonchev–Trinajstić information content (AvgIpc) is 2.82. The van der Waals surface area contributed by atoms with Crippen LogP contribution in [0, 0.1) is 18.8 Å². The van der Waals surface area contributed by atoms with Crippen molar-refractivity contribution in [1.82, 2.24) is 10.3 Å². The van der Waals surface area contributed by atoms with E-state index in [0.29, 0.717) is 23.9 Å². The first kappa shape index (κ1) is 19.7. The molecule has 2 bridgehead atoms. The van der Waals surface area contributed by atoms with Gasteiger partial charge in [-0.2, -0.15) is 0 Å². The number of nitrogens with zero attached hydrogens (tertiary/aromatic N) is 1. The second kappa shape index (κ2) is 7.30. The van der Waals surface area contributed by atoms with Gasteiger partial charge in [-0.15, -0.1) is 23.7 Å². The van der Waals surface area contributed by atoms with Crippen LogP contribution < -0.4 is 11.1 Å². The summed E-state index contributed by atoms with van der Waals surface area (Å²) >= 11 is 1.54. The number of carbonyl (C=O) groups is 1. The van der Waals surface area contributed by atoms with E-state index in [-0.39, 0.29) is 23.7 Å². The van der Waals surface area contributed by atoms with E-state index in [4.69, 9.17) is 5.73 Å². The zero-order chi connectivity index (χ0) is 16.8. The van der Waals surface area contributed by atoms with Gasteiger partial charge in [0.1, 0.15) is 4.88 Å². The fraction of sp³-hybridized carbons (Fsp3) is 0.778. The Hall–Kier alpha value is -0.650. The molecule has 6 heteroatoms. The fourth-order valence-electron chi connectivity index (χ4n) is 4.17. The Morgan fingerprint density at radius 1 is 1.25 bits per heavy atom. The molecule has 0 radical (unpaired) electrons. The highest BCUT2D eigenvalue weighted by Crippen LogP contribution is 2.40. The number of hydrogen-bond acceptors (Lipinski definition) is 4. The molecule has 0 saturated heterocycles. The Kier molecular flexibility index (Phi) is 5.99. The van der Waals surface area contributed by atoms with Gasteiger partial charge in [-0.05, 0) is 44.4 Å². The van der Waals surface area contributed by atoms with Crippen molar-refractivity contribution >= 4 is 29.7 Å². The maximum Gasteiger partial charge on any atom is 0.263 e. The normalized spacial score (nSPS) is 29.7. The van der Waals surface area contributed by atoms with Crippen molar-refractivity contribution in [3.05, 3.63) is 15.6 Å². The fourth-order valence-corrected chi connectivity index (χ4v) is 5.20. The highest BCUT2D eigenvalue weighted by Gasteiger charge is 2.40. The van der Waals surface area contributed by atoms with Crippen LogP contribution in [0.25, 0.3) is 0 Å². The molecule has 136 valence electrons. The molecule has 1 aromatic heterocycles. The summed E-state index contributed by atoms with van der Waals surface area (Å²) < 4.78 is 0. The summed E-state index contributed by atoms with van der Waals surface area (Å²) in [6, 6.07) is 0.617. The van der Waals surface area contributed by atoms with Crippen LogP contribution in [0.5, 0.6) is 0 Å². The molecule has 2 saturated carbocycles. The third-order valence-corrected chi connectivity index (χ3v) is 6.90. The molecule has 1 amide bonds. The minimum absolute atomic E-state index is 0. The average molecular weight is 372 g/mol. The van der Waals surface area contributed by atoms with Crippen LogP contribution >= 0.6 is 23.7 Å². The smallest absolute Gasteiger partial charge is 0.263 e. The second-order valence-corrected chi connectivity index (χ2v) is 9.36. The van der Waals surface area contributed by atoms with Gasteiger partial charge in [-0.3, -0.25) is 4.79 Å². The van der Waals surface area contributed by atoms with Crippen molar-refractivity contribution in [1.29, 1.82) is 0 Å². The maximum atomic E-state index is 12.8. The molecule has 2 fully saturated rings. The number of hydrogen-bond donors (Lipinski definition) is 2. The van der Waals surface area contributed by atoms with Crippen LogP contribution in [0.2, 0.25) is 0 Å². The van der Waals surface area contributed by atoms with Crippen molar-refractivity contribution in [2.45, 2.75) is 77.3 Å². The Bertz CT molecular complexity index is 582. The van der Waals surface area contributed by atoms with Crippen molar-refractivity contribution in [3.63, 3.8) is 0 Å². The molecular formula is C18H30ClN3OS. The topological polar surface area (TPSA) is 68.0 Å². The van der Waals surface area contributed by atoms with E-state index in [2.05, 4.69) is 31.1 Å². The number of carbonyl (C=O) groups excluding carboxylic acids is 1. The van der Waals surface area contributed by atoms with Crippen LogP contribution in [-0.4, -0.2) is 23.0 Å². The molecule has 24 heavy (non-hydrogen) atoms. The summed E-state index contributed by atoms with van der Waals surface area (Å²) in [6.45, 7) is 8.36. The van der Waals surface area contributed by atoms with Gasteiger partial charge >= 0.3 is 0 Å². The lowest BCUT2D eigenvalue weighted by molar-refractivity contribution is 0.0759. The Morgan fingerprint density at radius 2 is 1.83 bits per heavy atom. The zero-order valence-electron chi connectivity index (χ0n) is 15.1. The number of fused-ring (bicyclic) bond motifs is 2. The molecule has 4 nitrogen and oxygen atoms in total. The predicted octanol–water partition coefficient (Wildman–Crippen LogP) is 3.81. The molecule has 1 aromatic rings. The lowest BCUT2D eigenvalue weighted by Crippen LogP contribution is -2.53. The first-order valence-corrected chi connectivity index (χ1v) is 9.61. The first-order chi connectivity index (χ1) is 10.8. The van der Waals surface area contributed by atoms with E-state index in [1.807, 2.05) is 6.92 Å². The number of amides is 1. The predicted molar refractivity (Wildman–Crippen MR) is 102 cm³/mol. The molecule has 2 aliphatic rings. The largest absolute Gasteiger partial charge is 0.348 e. The van der Waals surface area contributed by atoms with E-state index in [9.17, 15) is 4.79 Å². The Morgan fingerprint density at radius 3 is 2.33 bits per heavy atom. The molecule has 3 rings (SSSR count). The summed E-state index contributed by atoms with van der Waals surface area (Å²) in [5.41, 5.74) is 7.03. The van der Waals surface area contributed by atoms with Crippen molar-refractivity contribution < 1.29 is 4.79 Å². The van der Waals surface area contributed by atoms with E-state index < -0.39 is 0 Å². The number of nitrogens with one attached hydrogen (secondary N) is 1. The molecule has 1 heterocycles. The summed E-state index contributed by atoms with van der Waals surface area (Å²) in [5.74, 6) is 1.17. The zero-order valence-corrected chi connectivity index (χ0v) is 16.7. The van der Waals surface area contributed by atoms with E-state index in [1.54, 1.807) is 11.3 Å². The van der Waals surface area contributed by atoms with Gasteiger partial charge in [-0.25, -0.2) is 4.98 Å². The molecule has 2 atom stereocenters. The van der Waals surface area contributed by atoms with Gasteiger partial charge in [-0.1, -0.05) is 27.2 Å². The number of halogens is 1. The Labute approximate surface area is 155 Å². The molecule has 0 aliphatic heterocycles. The third kappa shape index (κ3) is 3.94. The maximum absolute atomic E-state index is 12.8. The number of aromatic nitrogens is 1. The van der Waals surface area contributed by atoms with Crippen molar-refractivity contribution in [2.75, 3.05) is 0 Å². The lowest BCUT2D eigenvalue weighted by atomic mass is 9.67. The highest BCUT2D eigenvalue weighted by atomic mass is 35.5. The Balaban J connectivity index is 0.00000208. The van der Waals surface area contributed by atoms with Crippen molar-refractivity contribution in [2.24, 2.45) is 17.6 Å².